The Balaban J connectivity index is 1.85. The van der Waals surface area contributed by atoms with Crippen LogP contribution < -0.4 is 10.6 Å². The third-order valence-corrected chi connectivity index (χ3v) is 5.26. The van der Waals surface area contributed by atoms with Crippen LogP contribution in [-0.2, 0) is 17.7 Å². The van der Waals surface area contributed by atoms with Gasteiger partial charge in [-0.2, -0.15) is 0 Å². The molecule has 1 aliphatic heterocycles. The largest absolute Gasteiger partial charge is 0.378 e. The van der Waals surface area contributed by atoms with E-state index in [0.717, 1.165) is 49.8 Å². The van der Waals surface area contributed by atoms with Crippen molar-refractivity contribution in [2.45, 2.75) is 26.8 Å². The lowest BCUT2D eigenvalue weighted by Crippen LogP contribution is -2.36. The van der Waals surface area contributed by atoms with Gasteiger partial charge in [0, 0.05) is 31.4 Å². The number of imidazole rings is 1. The average Bonchev–Trinajstić information content (AvgIpc) is 3.10. The molecule has 2 aromatic heterocycles. The number of pyridine rings is 1. The number of benzene rings is 1. The van der Waals surface area contributed by atoms with Crippen LogP contribution in [0.5, 0.6) is 0 Å². The molecule has 0 bridgehead atoms. The molecule has 0 radical (unpaired) electrons. The Morgan fingerprint density at radius 2 is 1.96 bits per heavy atom. The summed E-state index contributed by atoms with van der Waals surface area (Å²) in [4.78, 5) is 6.95. The van der Waals surface area contributed by atoms with Gasteiger partial charge >= 0.3 is 0 Å². The maximum atomic E-state index is 6.07. The Kier molecular flexibility index (Phi) is 4.66. The lowest BCUT2D eigenvalue weighted by molar-refractivity contribution is 0.122. The van der Waals surface area contributed by atoms with Crippen LogP contribution in [0.1, 0.15) is 23.6 Å². The van der Waals surface area contributed by atoms with Crippen molar-refractivity contribution in [1.82, 2.24) is 9.38 Å². The molecule has 26 heavy (non-hydrogen) atoms. The van der Waals surface area contributed by atoms with E-state index >= 15 is 0 Å². The summed E-state index contributed by atoms with van der Waals surface area (Å²) >= 11 is 0. The normalized spacial score (nSPS) is 15.0. The molecule has 1 saturated heterocycles. The number of nitrogens with two attached hydrogens (primary N) is 1. The van der Waals surface area contributed by atoms with Gasteiger partial charge < -0.3 is 15.4 Å². The summed E-state index contributed by atoms with van der Waals surface area (Å²) in [5, 5.41) is 0. The minimum Gasteiger partial charge on any atom is -0.378 e. The van der Waals surface area contributed by atoms with Gasteiger partial charge in [0.15, 0.2) is 0 Å². The van der Waals surface area contributed by atoms with Crippen LogP contribution in [0.2, 0.25) is 0 Å². The van der Waals surface area contributed by atoms with Crippen molar-refractivity contribution < 1.29 is 4.74 Å². The second kappa shape index (κ2) is 7.09. The van der Waals surface area contributed by atoms with Crippen molar-refractivity contribution in [2.24, 2.45) is 5.73 Å². The lowest BCUT2D eigenvalue weighted by Gasteiger charge is -2.28. The fourth-order valence-corrected chi connectivity index (χ4v) is 3.74. The first-order chi connectivity index (χ1) is 12.7. The smallest absolute Gasteiger partial charge is 0.138 e. The summed E-state index contributed by atoms with van der Waals surface area (Å²) in [6.45, 7) is 8.18. The summed E-state index contributed by atoms with van der Waals surface area (Å²) < 4.78 is 7.68. The Morgan fingerprint density at radius 3 is 2.65 bits per heavy atom. The number of hydrogen-bond donors (Lipinski definition) is 1. The second-order valence-electron chi connectivity index (χ2n) is 6.86. The molecule has 1 aromatic carbocycles. The van der Waals surface area contributed by atoms with E-state index in [2.05, 4.69) is 58.6 Å². The molecule has 1 fully saturated rings. The summed E-state index contributed by atoms with van der Waals surface area (Å²) in [7, 11) is 0. The zero-order valence-electron chi connectivity index (χ0n) is 15.5. The molecule has 136 valence electrons. The predicted octanol–water partition coefficient (Wildman–Crippen LogP) is 3.17. The summed E-state index contributed by atoms with van der Waals surface area (Å²) in [5.74, 6) is 1.12. The molecular weight excluding hydrogens is 324 g/mol. The van der Waals surface area contributed by atoms with E-state index in [4.69, 9.17) is 10.5 Å². The average molecular weight is 350 g/mol. The van der Waals surface area contributed by atoms with E-state index in [1.807, 2.05) is 6.20 Å². The molecule has 1 aliphatic rings. The second-order valence-corrected chi connectivity index (χ2v) is 6.86. The zero-order valence-corrected chi connectivity index (χ0v) is 15.5. The van der Waals surface area contributed by atoms with Gasteiger partial charge in [-0.1, -0.05) is 25.1 Å². The van der Waals surface area contributed by atoms with Gasteiger partial charge in [0.25, 0.3) is 0 Å². The fraction of sp³-hybridized carbons (Fsp3) is 0.381. The third kappa shape index (κ3) is 2.97. The van der Waals surface area contributed by atoms with Crippen molar-refractivity contribution in [3.8, 4) is 11.1 Å². The zero-order chi connectivity index (χ0) is 18.1. The van der Waals surface area contributed by atoms with Gasteiger partial charge in [0.2, 0.25) is 0 Å². The number of morpholine rings is 1. The van der Waals surface area contributed by atoms with E-state index in [1.165, 1.54) is 22.3 Å². The van der Waals surface area contributed by atoms with Gasteiger partial charge in [-0.25, -0.2) is 4.98 Å². The highest BCUT2D eigenvalue weighted by atomic mass is 16.5. The molecule has 0 saturated carbocycles. The van der Waals surface area contributed by atoms with Gasteiger partial charge in [-0.05, 0) is 41.7 Å². The molecule has 0 aliphatic carbocycles. The number of rotatable bonds is 4. The maximum absolute atomic E-state index is 6.07. The van der Waals surface area contributed by atoms with Crippen LogP contribution in [0.15, 0.2) is 36.7 Å². The first-order valence-electron chi connectivity index (χ1n) is 9.34. The molecule has 5 heteroatoms. The van der Waals surface area contributed by atoms with Crippen molar-refractivity contribution in [3.63, 3.8) is 0 Å². The van der Waals surface area contributed by atoms with Crippen LogP contribution in [0, 0.1) is 6.92 Å². The molecule has 5 nitrogen and oxygen atoms in total. The number of aromatic nitrogens is 2. The Labute approximate surface area is 154 Å². The lowest BCUT2D eigenvalue weighted by atomic mass is 9.95. The quantitative estimate of drug-likeness (QED) is 0.785. The topological polar surface area (TPSA) is 55.8 Å². The Morgan fingerprint density at radius 1 is 1.15 bits per heavy atom. The molecule has 0 amide bonds. The SMILES string of the molecule is CCc1ccc(-c2cn3c(N4CCOCC4)cnc3cc2CN)c(C)c1. The number of aryl methyl sites for hydroxylation is 2. The van der Waals surface area contributed by atoms with Crippen LogP contribution >= 0.6 is 0 Å². The highest BCUT2D eigenvalue weighted by Gasteiger charge is 2.17. The molecule has 3 heterocycles. The first-order valence-corrected chi connectivity index (χ1v) is 9.34. The van der Waals surface area contributed by atoms with Gasteiger partial charge in [-0.15, -0.1) is 0 Å². The van der Waals surface area contributed by atoms with Gasteiger partial charge in [0.05, 0.1) is 19.4 Å². The minimum absolute atomic E-state index is 0.501. The van der Waals surface area contributed by atoms with Gasteiger partial charge in [-0.3, -0.25) is 4.40 Å². The molecule has 0 spiro atoms. The van der Waals surface area contributed by atoms with Gasteiger partial charge in [0.1, 0.15) is 11.5 Å². The van der Waals surface area contributed by atoms with Crippen molar-refractivity contribution in [2.75, 3.05) is 31.2 Å². The van der Waals surface area contributed by atoms with Crippen LogP contribution in [0.4, 0.5) is 5.82 Å². The highest BCUT2D eigenvalue weighted by molar-refractivity contribution is 5.73. The number of hydrogen-bond acceptors (Lipinski definition) is 4. The molecule has 2 N–H and O–H groups in total. The first kappa shape index (κ1) is 17.1. The number of anilines is 1. The van der Waals surface area contributed by atoms with Crippen LogP contribution in [0.25, 0.3) is 16.8 Å². The van der Waals surface area contributed by atoms with Crippen molar-refractivity contribution in [3.05, 3.63) is 53.3 Å². The summed E-state index contributed by atoms with van der Waals surface area (Å²) in [6.07, 6.45) is 5.20. The Hall–Kier alpha value is -2.37. The van der Waals surface area contributed by atoms with Crippen molar-refractivity contribution in [1.29, 1.82) is 0 Å². The number of nitrogens with zero attached hydrogens (tertiary/aromatic N) is 3. The monoisotopic (exact) mass is 350 g/mol. The predicted molar refractivity (Wildman–Crippen MR) is 106 cm³/mol. The fourth-order valence-electron chi connectivity index (χ4n) is 3.74. The number of ether oxygens (including phenoxy) is 1. The van der Waals surface area contributed by atoms with Crippen LogP contribution in [0.3, 0.4) is 0 Å². The molecule has 3 aromatic rings. The van der Waals surface area contributed by atoms with E-state index in [-0.39, 0.29) is 0 Å². The number of fused-ring (bicyclic) bond motifs is 1. The van der Waals surface area contributed by atoms with E-state index < -0.39 is 0 Å². The molecule has 0 unspecified atom stereocenters. The third-order valence-electron chi connectivity index (χ3n) is 5.26. The minimum atomic E-state index is 0.501. The standard InChI is InChI=1S/C21H26N4O/c1-3-16-4-5-18(15(2)10-16)19-14-25-20(11-17(19)12-22)23-13-21(25)24-6-8-26-9-7-24/h4-5,10-11,13-14H,3,6-9,12,22H2,1-2H3. The molecular formula is C21H26N4O. The maximum Gasteiger partial charge on any atom is 0.138 e. The Bertz CT molecular complexity index is 925. The molecule has 0 atom stereocenters. The summed E-state index contributed by atoms with van der Waals surface area (Å²) in [5.41, 5.74) is 13.2. The highest BCUT2D eigenvalue weighted by Crippen LogP contribution is 2.30. The van der Waals surface area contributed by atoms with E-state index in [0.29, 0.717) is 6.54 Å². The van der Waals surface area contributed by atoms with Crippen molar-refractivity contribution >= 4 is 11.5 Å². The molecule has 4 rings (SSSR count). The van der Waals surface area contributed by atoms with E-state index in [9.17, 15) is 0 Å². The van der Waals surface area contributed by atoms with E-state index in [1.54, 1.807) is 0 Å². The summed E-state index contributed by atoms with van der Waals surface area (Å²) in [6, 6.07) is 8.83. The van der Waals surface area contributed by atoms with Crippen LogP contribution in [-0.4, -0.2) is 35.7 Å².